The fourth-order valence-electron chi connectivity index (χ4n) is 1.56. The summed E-state index contributed by atoms with van der Waals surface area (Å²) in [5.41, 5.74) is 9.77. The van der Waals surface area contributed by atoms with Gasteiger partial charge >= 0.3 is 0 Å². The van der Waals surface area contributed by atoms with Crippen LogP contribution in [0.25, 0.3) is 11.3 Å². The van der Waals surface area contributed by atoms with Crippen LogP contribution >= 0.6 is 0 Å². The highest BCUT2D eigenvalue weighted by Gasteiger charge is 2.12. The van der Waals surface area contributed by atoms with E-state index in [1.54, 1.807) is 0 Å². The van der Waals surface area contributed by atoms with Crippen LogP contribution in [0.5, 0.6) is 0 Å². The van der Waals surface area contributed by atoms with Gasteiger partial charge in [-0.15, -0.1) is 0 Å². The number of nitrogens with zero attached hydrogens (tertiary/aromatic N) is 1. The topological polar surface area (TPSA) is 52.0 Å². The number of aromatic nitrogens is 1. The lowest BCUT2D eigenvalue weighted by atomic mass is 10.1. The van der Waals surface area contributed by atoms with E-state index in [2.05, 4.69) is 12.1 Å². The molecule has 0 radical (unpaired) electrons. The van der Waals surface area contributed by atoms with Crippen molar-refractivity contribution in [2.75, 3.05) is 0 Å². The van der Waals surface area contributed by atoms with Crippen molar-refractivity contribution in [1.82, 2.24) is 5.16 Å². The molecule has 78 valence electrons. The van der Waals surface area contributed by atoms with Gasteiger partial charge in [0.15, 0.2) is 5.76 Å². The normalized spacial score (nSPS) is 10.6. The van der Waals surface area contributed by atoms with Gasteiger partial charge in [-0.1, -0.05) is 35.0 Å². The van der Waals surface area contributed by atoms with Crippen LogP contribution in [0.3, 0.4) is 0 Å². The van der Waals surface area contributed by atoms with Crippen molar-refractivity contribution >= 4 is 0 Å². The fourth-order valence-corrected chi connectivity index (χ4v) is 1.56. The molecule has 0 fully saturated rings. The van der Waals surface area contributed by atoms with Crippen LogP contribution in [-0.4, -0.2) is 5.16 Å². The predicted octanol–water partition coefficient (Wildman–Crippen LogP) is 2.42. The minimum Gasteiger partial charge on any atom is -0.356 e. The first-order chi connectivity index (χ1) is 7.22. The monoisotopic (exact) mass is 202 g/mol. The molecule has 1 aromatic heterocycles. The van der Waals surface area contributed by atoms with Crippen molar-refractivity contribution in [1.29, 1.82) is 0 Å². The van der Waals surface area contributed by atoms with E-state index < -0.39 is 0 Å². The Bertz CT molecular complexity index is 457. The molecule has 2 rings (SSSR count). The molecule has 0 saturated heterocycles. The van der Waals surface area contributed by atoms with E-state index in [0.29, 0.717) is 6.54 Å². The van der Waals surface area contributed by atoms with Crippen molar-refractivity contribution < 1.29 is 4.52 Å². The lowest BCUT2D eigenvalue weighted by Crippen LogP contribution is -1.98. The van der Waals surface area contributed by atoms with E-state index in [1.165, 1.54) is 5.56 Å². The Morgan fingerprint density at radius 3 is 2.47 bits per heavy atom. The van der Waals surface area contributed by atoms with Gasteiger partial charge in [0.2, 0.25) is 0 Å². The molecule has 2 aromatic rings. The maximum atomic E-state index is 5.66. The molecule has 0 saturated carbocycles. The zero-order valence-electron chi connectivity index (χ0n) is 8.95. The van der Waals surface area contributed by atoms with E-state index in [-0.39, 0.29) is 0 Å². The maximum Gasteiger partial charge on any atom is 0.171 e. The van der Waals surface area contributed by atoms with Gasteiger partial charge in [0, 0.05) is 17.7 Å². The summed E-state index contributed by atoms with van der Waals surface area (Å²) in [6.45, 7) is 4.42. The molecule has 2 N–H and O–H groups in total. The Hall–Kier alpha value is -1.61. The highest BCUT2D eigenvalue weighted by atomic mass is 16.5. The molecule has 0 aliphatic rings. The van der Waals surface area contributed by atoms with E-state index in [9.17, 15) is 0 Å². The average molecular weight is 202 g/mol. The smallest absolute Gasteiger partial charge is 0.171 e. The van der Waals surface area contributed by atoms with Crippen molar-refractivity contribution in [3.05, 3.63) is 41.1 Å². The van der Waals surface area contributed by atoms with Crippen LogP contribution in [0.4, 0.5) is 0 Å². The number of hydrogen-bond acceptors (Lipinski definition) is 3. The van der Waals surface area contributed by atoms with Gasteiger partial charge in [-0.3, -0.25) is 0 Å². The highest BCUT2D eigenvalue weighted by Crippen LogP contribution is 2.25. The first-order valence-electron chi connectivity index (χ1n) is 4.94. The minimum absolute atomic E-state index is 0.457. The summed E-state index contributed by atoms with van der Waals surface area (Å²) in [4.78, 5) is 0. The van der Waals surface area contributed by atoms with Gasteiger partial charge in [0.05, 0.1) is 5.69 Å². The highest BCUT2D eigenvalue weighted by molar-refractivity contribution is 5.62. The zero-order valence-corrected chi connectivity index (χ0v) is 8.95. The molecule has 0 amide bonds. The standard InChI is InChI=1S/C12H14N2O/c1-8-3-5-10(6-4-8)12-11(7-13)9(2)14-15-12/h3-6H,7,13H2,1-2H3. The van der Waals surface area contributed by atoms with Gasteiger partial charge in [-0.25, -0.2) is 0 Å². The summed E-state index contributed by atoms with van der Waals surface area (Å²) in [6, 6.07) is 8.14. The zero-order chi connectivity index (χ0) is 10.8. The van der Waals surface area contributed by atoms with E-state index in [1.807, 2.05) is 31.2 Å². The van der Waals surface area contributed by atoms with Gasteiger partial charge in [-0.2, -0.15) is 0 Å². The van der Waals surface area contributed by atoms with Gasteiger partial charge < -0.3 is 10.3 Å². The number of benzene rings is 1. The van der Waals surface area contributed by atoms with E-state index in [4.69, 9.17) is 10.3 Å². The summed E-state index contributed by atoms with van der Waals surface area (Å²) in [6.07, 6.45) is 0. The van der Waals surface area contributed by atoms with Crippen LogP contribution in [-0.2, 0) is 6.54 Å². The summed E-state index contributed by atoms with van der Waals surface area (Å²) in [5, 5.41) is 3.93. The molecular formula is C12H14N2O. The molecule has 1 heterocycles. The lowest BCUT2D eigenvalue weighted by Gasteiger charge is -1.99. The van der Waals surface area contributed by atoms with Crippen molar-refractivity contribution in [2.45, 2.75) is 20.4 Å². The van der Waals surface area contributed by atoms with E-state index >= 15 is 0 Å². The molecule has 0 aliphatic heterocycles. The first-order valence-corrected chi connectivity index (χ1v) is 4.94. The van der Waals surface area contributed by atoms with Crippen LogP contribution < -0.4 is 5.73 Å². The second kappa shape index (κ2) is 3.87. The Morgan fingerprint density at radius 2 is 1.87 bits per heavy atom. The molecule has 0 atom stereocenters. The van der Waals surface area contributed by atoms with Crippen LogP contribution in [0, 0.1) is 13.8 Å². The largest absolute Gasteiger partial charge is 0.356 e. The third kappa shape index (κ3) is 1.78. The molecule has 0 unspecified atom stereocenters. The number of hydrogen-bond donors (Lipinski definition) is 1. The fraction of sp³-hybridized carbons (Fsp3) is 0.250. The lowest BCUT2D eigenvalue weighted by molar-refractivity contribution is 0.426. The third-order valence-corrected chi connectivity index (χ3v) is 2.50. The van der Waals surface area contributed by atoms with Gasteiger partial charge in [-0.05, 0) is 13.8 Å². The summed E-state index contributed by atoms with van der Waals surface area (Å²) < 4.78 is 5.28. The Labute approximate surface area is 88.9 Å². The Kier molecular flexibility index (Phi) is 2.56. The molecule has 3 heteroatoms. The molecule has 1 aromatic carbocycles. The quantitative estimate of drug-likeness (QED) is 0.813. The Balaban J connectivity index is 2.49. The summed E-state index contributed by atoms with van der Waals surface area (Å²) in [7, 11) is 0. The molecule has 0 bridgehead atoms. The van der Waals surface area contributed by atoms with Crippen LogP contribution in [0.15, 0.2) is 28.8 Å². The molecule has 0 spiro atoms. The molecule has 3 nitrogen and oxygen atoms in total. The van der Waals surface area contributed by atoms with Crippen LogP contribution in [0.2, 0.25) is 0 Å². The molecular weight excluding hydrogens is 188 g/mol. The second-order valence-electron chi connectivity index (χ2n) is 3.65. The van der Waals surface area contributed by atoms with Crippen molar-refractivity contribution in [3.63, 3.8) is 0 Å². The summed E-state index contributed by atoms with van der Waals surface area (Å²) >= 11 is 0. The third-order valence-electron chi connectivity index (χ3n) is 2.50. The molecule has 15 heavy (non-hydrogen) atoms. The number of aryl methyl sites for hydroxylation is 2. The second-order valence-corrected chi connectivity index (χ2v) is 3.65. The number of nitrogens with two attached hydrogens (primary N) is 1. The molecule has 0 aliphatic carbocycles. The summed E-state index contributed by atoms with van der Waals surface area (Å²) in [5.74, 6) is 0.787. The average Bonchev–Trinajstić information content (AvgIpc) is 2.61. The predicted molar refractivity (Wildman–Crippen MR) is 59.3 cm³/mol. The van der Waals surface area contributed by atoms with Crippen molar-refractivity contribution in [2.24, 2.45) is 5.73 Å². The van der Waals surface area contributed by atoms with Gasteiger partial charge in [0.1, 0.15) is 0 Å². The van der Waals surface area contributed by atoms with E-state index in [0.717, 1.165) is 22.6 Å². The number of rotatable bonds is 2. The SMILES string of the molecule is Cc1ccc(-c2onc(C)c2CN)cc1. The van der Waals surface area contributed by atoms with Crippen LogP contribution in [0.1, 0.15) is 16.8 Å². The maximum absolute atomic E-state index is 5.66. The minimum atomic E-state index is 0.457. The first kappa shape index (κ1) is 9.93. The van der Waals surface area contributed by atoms with Gasteiger partial charge in [0.25, 0.3) is 0 Å². The van der Waals surface area contributed by atoms with Crippen molar-refractivity contribution in [3.8, 4) is 11.3 Å². The Morgan fingerprint density at radius 1 is 1.20 bits per heavy atom.